The molecule has 0 fully saturated rings. The normalized spacial score (nSPS) is 11.1. The second-order valence-electron chi connectivity index (χ2n) is 4.86. The largest absolute Gasteiger partial charge is 0.478 e. The Balaban J connectivity index is 2.40. The number of benzene rings is 1. The molecule has 1 aromatic carbocycles. The number of nitrogens with one attached hydrogen (secondary N) is 1. The van der Waals surface area contributed by atoms with Gasteiger partial charge in [-0.3, -0.25) is 4.72 Å². The lowest BCUT2D eigenvalue weighted by Crippen LogP contribution is -2.18. The smallest absolute Gasteiger partial charge is 0.339 e. The Morgan fingerprint density at radius 1 is 1.30 bits per heavy atom. The standard InChI is InChI=1S/C14H14FN3O4S/c1-18(2)13-12(14(19)20)7-10(8-16-13)17-23(21,22)11-5-3-4-9(15)6-11/h3-8,17H,1-2H3,(H,19,20). The molecule has 1 aromatic heterocycles. The molecule has 0 spiro atoms. The van der Waals surface area contributed by atoms with Gasteiger partial charge in [0.1, 0.15) is 17.2 Å². The Kier molecular flexibility index (Phi) is 4.50. The van der Waals surface area contributed by atoms with Gasteiger partial charge in [0.25, 0.3) is 10.0 Å². The minimum absolute atomic E-state index is 0.0303. The van der Waals surface area contributed by atoms with Crippen molar-refractivity contribution in [3.63, 3.8) is 0 Å². The summed E-state index contributed by atoms with van der Waals surface area (Å²) in [6, 6.07) is 5.63. The van der Waals surface area contributed by atoms with Crippen molar-refractivity contribution in [3.05, 3.63) is 47.9 Å². The number of anilines is 2. The van der Waals surface area contributed by atoms with E-state index in [1.165, 1.54) is 23.2 Å². The highest BCUT2D eigenvalue weighted by Gasteiger charge is 2.19. The zero-order valence-electron chi connectivity index (χ0n) is 12.3. The van der Waals surface area contributed by atoms with Gasteiger partial charge >= 0.3 is 5.97 Å². The molecule has 2 N–H and O–H groups in total. The number of hydrogen-bond acceptors (Lipinski definition) is 5. The van der Waals surface area contributed by atoms with Crippen molar-refractivity contribution >= 4 is 27.5 Å². The van der Waals surface area contributed by atoms with Crippen molar-refractivity contribution in [2.75, 3.05) is 23.7 Å². The summed E-state index contributed by atoms with van der Waals surface area (Å²) in [7, 11) is -0.815. The fourth-order valence-corrected chi connectivity index (χ4v) is 2.94. The maximum Gasteiger partial charge on any atom is 0.339 e. The molecule has 0 saturated heterocycles. The molecular formula is C14H14FN3O4S. The SMILES string of the molecule is CN(C)c1ncc(NS(=O)(=O)c2cccc(F)c2)cc1C(=O)O. The predicted molar refractivity (Wildman–Crippen MR) is 82.7 cm³/mol. The van der Waals surface area contributed by atoms with Crippen molar-refractivity contribution in [1.29, 1.82) is 0 Å². The highest BCUT2D eigenvalue weighted by molar-refractivity contribution is 7.92. The van der Waals surface area contributed by atoms with Crippen molar-refractivity contribution in [2.45, 2.75) is 4.90 Å². The van der Waals surface area contributed by atoms with E-state index in [2.05, 4.69) is 9.71 Å². The number of aromatic carboxylic acids is 1. The van der Waals surface area contributed by atoms with Crippen molar-refractivity contribution in [3.8, 4) is 0 Å². The van der Waals surface area contributed by atoms with Gasteiger partial charge in [0, 0.05) is 14.1 Å². The van der Waals surface area contributed by atoms with Crippen LogP contribution in [-0.4, -0.2) is 38.6 Å². The first kappa shape index (κ1) is 16.7. The monoisotopic (exact) mass is 339 g/mol. The quantitative estimate of drug-likeness (QED) is 0.861. The van der Waals surface area contributed by atoms with E-state index in [0.717, 1.165) is 18.2 Å². The Morgan fingerprint density at radius 2 is 2.00 bits per heavy atom. The fraction of sp³-hybridized carbons (Fsp3) is 0.143. The van der Waals surface area contributed by atoms with E-state index in [-0.39, 0.29) is 22.0 Å². The number of hydrogen-bond donors (Lipinski definition) is 2. The second kappa shape index (κ2) is 6.21. The van der Waals surface area contributed by atoms with E-state index >= 15 is 0 Å². The number of sulfonamides is 1. The first-order valence-electron chi connectivity index (χ1n) is 6.40. The van der Waals surface area contributed by atoms with Crippen LogP contribution < -0.4 is 9.62 Å². The molecule has 2 rings (SSSR count). The van der Waals surface area contributed by atoms with Gasteiger partial charge in [0.2, 0.25) is 0 Å². The molecule has 0 saturated carbocycles. The summed E-state index contributed by atoms with van der Waals surface area (Å²) in [5, 5.41) is 9.20. The van der Waals surface area contributed by atoms with E-state index in [0.29, 0.717) is 0 Å². The van der Waals surface area contributed by atoms with Crippen LogP contribution in [0, 0.1) is 5.82 Å². The second-order valence-corrected chi connectivity index (χ2v) is 6.54. The first-order valence-corrected chi connectivity index (χ1v) is 7.88. The predicted octanol–water partition coefficient (Wildman–Crippen LogP) is 1.79. The molecule has 2 aromatic rings. The molecule has 0 aliphatic heterocycles. The number of aromatic nitrogens is 1. The van der Waals surface area contributed by atoms with E-state index in [9.17, 15) is 22.7 Å². The molecule has 9 heteroatoms. The number of halogens is 1. The van der Waals surface area contributed by atoms with Crippen molar-refractivity contribution in [2.24, 2.45) is 0 Å². The van der Waals surface area contributed by atoms with Gasteiger partial charge in [0.15, 0.2) is 0 Å². The molecule has 0 radical (unpaired) electrons. The number of carboxylic acids is 1. The number of carboxylic acid groups (broad SMARTS) is 1. The van der Waals surface area contributed by atoms with Crippen LogP contribution in [0.1, 0.15) is 10.4 Å². The molecule has 0 amide bonds. The van der Waals surface area contributed by atoms with Crippen LogP contribution in [0.15, 0.2) is 41.4 Å². The van der Waals surface area contributed by atoms with E-state index < -0.39 is 21.8 Å². The Labute approximate surface area is 132 Å². The maximum absolute atomic E-state index is 13.2. The van der Waals surface area contributed by atoms with E-state index in [1.54, 1.807) is 14.1 Å². The Morgan fingerprint density at radius 3 is 2.57 bits per heavy atom. The Hall–Kier alpha value is -2.68. The average molecular weight is 339 g/mol. The topological polar surface area (TPSA) is 99.6 Å². The van der Waals surface area contributed by atoms with Gasteiger partial charge in [-0.1, -0.05) is 6.07 Å². The summed E-state index contributed by atoms with van der Waals surface area (Å²) in [5.74, 6) is -1.75. The third kappa shape index (κ3) is 3.75. The summed E-state index contributed by atoms with van der Waals surface area (Å²) < 4.78 is 39.7. The average Bonchev–Trinajstić information content (AvgIpc) is 2.46. The first-order chi connectivity index (χ1) is 10.7. The lowest BCUT2D eigenvalue weighted by atomic mass is 10.2. The minimum atomic E-state index is -4.05. The summed E-state index contributed by atoms with van der Waals surface area (Å²) in [5.41, 5.74) is -0.188. The summed E-state index contributed by atoms with van der Waals surface area (Å²) >= 11 is 0. The molecule has 0 atom stereocenters. The summed E-state index contributed by atoms with van der Waals surface area (Å²) in [6.07, 6.45) is 1.19. The van der Waals surface area contributed by atoms with Crippen LogP contribution in [0.2, 0.25) is 0 Å². The number of carbonyl (C=O) groups is 1. The summed E-state index contributed by atoms with van der Waals surface area (Å²) in [4.78, 5) is 16.4. The molecule has 0 aliphatic rings. The lowest BCUT2D eigenvalue weighted by molar-refractivity contribution is 0.0697. The third-order valence-electron chi connectivity index (χ3n) is 2.88. The fourth-order valence-electron chi connectivity index (χ4n) is 1.88. The van der Waals surface area contributed by atoms with Gasteiger partial charge < -0.3 is 10.0 Å². The lowest BCUT2D eigenvalue weighted by Gasteiger charge is -2.15. The number of rotatable bonds is 5. The summed E-state index contributed by atoms with van der Waals surface area (Å²) in [6.45, 7) is 0. The molecule has 122 valence electrons. The van der Waals surface area contributed by atoms with Crippen LogP contribution in [0.4, 0.5) is 15.9 Å². The minimum Gasteiger partial charge on any atom is -0.478 e. The molecule has 1 heterocycles. The molecule has 7 nitrogen and oxygen atoms in total. The number of nitrogens with zero attached hydrogens (tertiary/aromatic N) is 2. The van der Waals surface area contributed by atoms with Crippen LogP contribution in [0.5, 0.6) is 0 Å². The third-order valence-corrected chi connectivity index (χ3v) is 4.26. The highest BCUT2D eigenvalue weighted by atomic mass is 32.2. The van der Waals surface area contributed by atoms with Crippen LogP contribution >= 0.6 is 0 Å². The van der Waals surface area contributed by atoms with Gasteiger partial charge in [0.05, 0.1) is 16.8 Å². The molecule has 0 unspecified atom stereocenters. The Bertz CT molecular complexity index is 853. The van der Waals surface area contributed by atoms with E-state index in [4.69, 9.17) is 0 Å². The van der Waals surface area contributed by atoms with Gasteiger partial charge in [-0.05, 0) is 24.3 Å². The van der Waals surface area contributed by atoms with Gasteiger partial charge in [-0.25, -0.2) is 22.6 Å². The molecular weight excluding hydrogens is 325 g/mol. The van der Waals surface area contributed by atoms with Gasteiger partial charge in [-0.2, -0.15) is 0 Å². The molecule has 0 aliphatic carbocycles. The van der Waals surface area contributed by atoms with Crippen LogP contribution in [0.25, 0.3) is 0 Å². The van der Waals surface area contributed by atoms with Crippen molar-refractivity contribution < 1.29 is 22.7 Å². The van der Waals surface area contributed by atoms with Crippen LogP contribution in [-0.2, 0) is 10.0 Å². The van der Waals surface area contributed by atoms with Crippen molar-refractivity contribution in [1.82, 2.24) is 4.98 Å². The van der Waals surface area contributed by atoms with Crippen LogP contribution in [0.3, 0.4) is 0 Å². The zero-order chi connectivity index (χ0) is 17.2. The molecule has 23 heavy (non-hydrogen) atoms. The maximum atomic E-state index is 13.2. The number of pyridine rings is 1. The zero-order valence-corrected chi connectivity index (χ0v) is 13.1. The van der Waals surface area contributed by atoms with Gasteiger partial charge in [-0.15, -0.1) is 0 Å². The molecule has 0 bridgehead atoms. The highest BCUT2D eigenvalue weighted by Crippen LogP contribution is 2.22. The van der Waals surface area contributed by atoms with E-state index in [1.807, 2.05) is 0 Å².